The molecule has 1 atom stereocenters. The van der Waals surface area contributed by atoms with Gasteiger partial charge in [-0.05, 0) is 0 Å². The normalized spacial score (nSPS) is 14.8. The van der Waals surface area contributed by atoms with Gasteiger partial charge in [-0.1, -0.05) is 63.7 Å². The minimum atomic E-state index is -0.843. The Morgan fingerprint density at radius 3 is 2.00 bits per heavy atom. The van der Waals surface area contributed by atoms with Crippen molar-refractivity contribution in [1.29, 1.82) is 0 Å². The van der Waals surface area contributed by atoms with Gasteiger partial charge < -0.3 is 5.11 Å². The lowest BCUT2D eigenvalue weighted by Gasteiger charge is -2.16. The van der Waals surface area contributed by atoms with Gasteiger partial charge in [-0.3, -0.25) is 4.79 Å². The van der Waals surface area contributed by atoms with Crippen molar-refractivity contribution in [3.8, 4) is 0 Å². The Hall–Kier alpha value is 1.39. The molecule has 1 N–H and O–H groups in total. The Bertz CT molecular complexity index is 130. The lowest BCUT2D eigenvalue weighted by molar-refractivity contribution is -0.136. The average Bonchev–Trinajstić information content (AvgIpc) is 1.60. The van der Waals surface area contributed by atoms with Gasteiger partial charge in [-0.25, -0.2) is 0 Å². The number of hydrogen-bond acceptors (Lipinski definition) is 1. The lowest BCUT2D eigenvalue weighted by atomic mass is 10.3. The van der Waals surface area contributed by atoms with Crippen LogP contribution in [0.5, 0.6) is 0 Å². The van der Waals surface area contributed by atoms with Gasteiger partial charge in [-0.2, -0.15) is 0 Å². The van der Waals surface area contributed by atoms with E-state index < -0.39 is 8.11 Å². The first kappa shape index (κ1) is 11.4. The summed E-state index contributed by atoms with van der Waals surface area (Å²) in [6, 6.07) is 0. The highest BCUT2D eigenvalue weighted by molar-refractivity contribution is 9.40. The number of alkyl halides is 4. The highest BCUT2D eigenvalue weighted by Gasteiger charge is 2.29. The first-order chi connectivity index (χ1) is 4.34. The third-order valence-electron chi connectivity index (χ3n) is 0.709. The van der Waals surface area contributed by atoms with Crippen LogP contribution in [0.25, 0.3) is 0 Å². The van der Waals surface area contributed by atoms with Gasteiger partial charge in [0, 0.05) is 0 Å². The van der Waals surface area contributed by atoms with Crippen LogP contribution in [0.2, 0.25) is 0 Å². The Morgan fingerprint density at radius 1 is 1.50 bits per heavy atom. The van der Waals surface area contributed by atoms with Crippen LogP contribution in [0.15, 0.2) is 0 Å². The summed E-state index contributed by atoms with van der Waals surface area (Å²) in [6.07, 6.45) is 0.0434. The van der Waals surface area contributed by atoms with E-state index in [9.17, 15) is 4.79 Å². The molecule has 0 heterocycles. The molecule has 0 saturated carbocycles. The van der Waals surface area contributed by atoms with E-state index in [2.05, 4.69) is 63.7 Å². The molecule has 0 rings (SSSR count). The van der Waals surface area contributed by atoms with Crippen LogP contribution in [-0.2, 0) is 4.79 Å². The Balaban J connectivity index is 3.85. The molecule has 0 aliphatic carbocycles. The maximum absolute atomic E-state index is 10.2. The van der Waals surface area contributed by atoms with Crippen LogP contribution in [0, 0.1) is 0 Å². The average molecular weight is 404 g/mol. The third kappa shape index (κ3) is 5.09. The van der Waals surface area contributed by atoms with Crippen molar-refractivity contribution < 1.29 is 9.90 Å². The van der Waals surface area contributed by atoms with Crippen LogP contribution >= 0.6 is 63.7 Å². The summed E-state index contributed by atoms with van der Waals surface area (Å²) < 4.78 is -0.536. The number of hydrogen-bond donors (Lipinski definition) is 1. The van der Waals surface area contributed by atoms with Crippen molar-refractivity contribution in [3.63, 3.8) is 0 Å². The molecule has 0 aromatic rings. The van der Waals surface area contributed by atoms with Crippen LogP contribution in [-0.4, -0.2) is 18.0 Å². The van der Waals surface area contributed by atoms with E-state index >= 15 is 0 Å². The fourth-order valence-electron chi connectivity index (χ4n) is 0.269. The van der Waals surface area contributed by atoms with Crippen LogP contribution < -0.4 is 0 Å². The monoisotopic (exact) mass is 400 g/mol. The third-order valence-corrected chi connectivity index (χ3v) is 5.22. The zero-order chi connectivity index (χ0) is 8.36. The predicted octanol–water partition coefficient (Wildman–Crippen LogP) is 3.06. The lowest BCUT2D eigenvalue weighted by Crippen LogP contribution is -2.20. The molecule has 0 saturated heterocycles. The first-order valence-electron chi connectivity index (χ1n) is 2.26. The van der Waals surface area contributed by atoms with Crippen molar-refractivity contribution in [2.75, 3.05) is 0 Å². The van der Waals surface area contributed by atoms with Crippen molar-refractivity contribution >= 4 is 69.7 Å². The molecule has 0 aliphatic rings. The van der Waals surface area contributed by atoms with E-state index in [4.69, 9.17) is 5.11 Å². The summed E-state index contributed by atoms with van der Waals surface area (Å²) in [5.41, 5.74) is 0. The molecule has 0 aliphatic heterocycles. The van der Waals surface area contributed by atoms with Gasteiger partial charge in [0.05, 0.1) is 11.2 Å². The maximum atomic E-state index is 10.2. The van der Waals surface area contributed by atoms with E-state index in [0.717, 1.165) is 0 Å². The van der Waals surface area contributed by atoms with Crippen molar-refractivity contribution in [1.82, 2.24) is 0 Å². The molecular weight excluding hydrogens is 400 g/mol. The summed E-state index contributed by atoms with van der Waals surface area (Å²) in [5.74, 6) is -0.843. The summed E-state index contributed by atoms with van der Waals surface area (Å²) in [4.78, 5) is 9.97. The number of halogens is 4. The standard InChI is InChI=1S/C4H4Br4O2/c5-2(1-3(9)10)4(6,7)8/h2H,1H2,(H,9,10). The largest absolute Gasteiger partial charge is 0.481 e. The second-order valence-electron chi connectivity index (χ2n) is 1.61. The Kier molecular flexibility index (Phi) is 5.04. The summed E-state index contributed by atoms with van der Waals surface area (Å²) in [7, 11) is 0. The zero-order valence-electron chi connectivity index (χ0n) is 4.65. The fourth-order valence-corrected chi connectivity index (χ4v) is 1.03. The maximum Gasteiger partial charge on any atom is 0.304 e. The fraction of sp³-hybridized carbons (Fsp3) is 0.750. The number of rotatable bonds is 2. The van der Waals surface area contributed by atoms with Crippen molar-refractivity contribution in [2.45, 2.75) is 13.4 Å². The van der Waals surface area contributed by atoms with Gasteiger partial charge in [0.15, 0.2) is 0 Å². The van der Waals surface area contributed by atoms with E-state index in [1.807, 2.05) is 0 Å². The topological polar surface area (TPSA) is 37.3 Å². The first-order valence-corrected chi connectivity index (χ1v) is 5.56. The Labute approximate surface area is 92.3 Å². The number of carboxylic acid groups (broad SMARTS) is 1. The molecule has 0 aromatic heterocycles. The highest BCUT2D eigenvalue weighted by atomic mass is 80.0. The summed E-state index contributed by atoms with van der Waals surface area (Å²) in [5, 5.41) is 8.35. The molecule has 0 spiro atoms. The quantitative estimate of drug-likeness (QED) is 0.720. The highest BCUT2D eigenvalue weighted by Crippen LogP contribution is 2.42. The van der Waals surface area contributed by atoms with Gasteiger partial charge >= 0.3 is 5.97 Å². The van der Waals surface area contributed by atoms with E-state index in [-0.39, 0.29) is 11.2 Å². The number of carboxylic acids is 1. The van der Waals surface area contributed by atoms with Crippen molar-refractivity contribution in [3.05, 3.63) is 0 Å². The zero-order valence-corrected chi connectivity index (χ0v) is 11.0. The van der Waals surface area contributed by atoms with Crippen molar-refractivity contribution in [2.24, 2.45) is 0 Å². The number of carbonyl (C=O) groups is 1. The molecule has 0 amide bonds. The molecule has 0 radical (unpaired) electrons. The SMILES string of the molecule is O=C(O)CC(Br)C(Br)(Br)Br. The van der Waals surface area contributed by atoms with Gasteiger partial charge in [0.2, 0.25) is 0 Å². The molecule has 60 valence electrons. The molecule has 0 fully saturated rings. The van der Waals surface area contributed by atoms with E-state index in [1.54, 1.807) is 0 Å². The molecule has 0 aromatic carbocycles. The second-order valence-corrected chi connectivity index (χ2v) is 9.66. The molecule has 0 bridgehead atoms. The molecule has 1 unspecified atom stereocenters. The minimum absolute atomic E-state index is 0.0434. The smallest absolute Gasteiger partial charge is 0.304 e. The van der Waals surface area contributed by atoms with Crippen LogP contribution in [0.4, 0.5) is 0 Å². The molecular formula is C4H4Br4O2. The van der Waals surface area contributed by atoms with E-state index in [1.165, 1.54) is 0 Å². The summed E-state index contributed by atoms with van der Waals surface area (Å²) >= 11 is 12.8. The molecule has 6 heteroatoms. The summed E-state index contributed by atoms with van der Waals surface area (Å²) in [6.45, 7) is 0. The minimum Gasteiger partial charge on any atom is -0.481 e. The number of aliphatic carboxylic acids is 1. The van der Waals surface area contributed by atoms with Gasteiger partial charge in [0.1, 0.15) is 2.14 Å². The van der Waals surface area contributed by atoms with Gasteiger partial charge in [0.25, 0.3) is 0 Å². The Morgan fingerprint density at radius 2 is 1.90 bits per heavy atom. The predicted molar refractivity (Wildman–Crippen MR) is 54.5 cm³/mol. The van der Waals surface area contributed by atoms with Crippen LogP contribution in [0.3, 0.4) is 0 Å². The second kappa shape index (κ2) is 4.42. The van der Waals surface area contributed by atoms with E-state index in [0.29, 0.717) is 0 Å². The molecule has 10 heavy (non-hydrogen) atoms. The van der Waals surface area contributed by atoms with Crippen LogP contribution in [0.1, 0.15) is 6.42 Å². The van der Waals surface area contributed by atoms with Gasteiger partial charge in [-0.15, -0.1) is 0 Å². The molecule has 2 nitrogen and oxygen atoms in total.